The second-order valence-electron chi connectivity index (χ2n) is 20.2. The molecule has 2 aliphatic heterocycles. The van der Waals surface area contributed by atoms with Gasteiger partial charge in [-0.05, 0) is 117 Å². The van der Waals surface area contributed by atoms with Gasteiger partial charge in [0.25, 0.3) is 0 Å². The van der Waals surface area contributed by atoms with Gasteiger partial charge in [0.2, 0.25) is 0 Å². The first-order valence-corrected chi connectivity index (χ1v) is 21.0. The van der Waals surface area contributed by atoms with Crippen LogP contribution in [0.5, 0.6) is 0 Å². The van der Waals surface area contributed by atoms with Crippen LogP contribution in [0.3, 0.4) is 0 Å². The molecule has 14 heteroatoms. The van der Waals surface area contributed by atoms with E-state index in [-0.39, 0.29) is 46.0 Å². The van der Waals surface area contributed by atoms with Crippen LogP contribution in [0.2, 0.25) is 0 Å². The molecule has 0 bridgehead atoms. The molecule has 4 aliphatic carbocycles. The Morgan fingerprint density at radius 1 is 0.750 bits per heavy atom. The third-order valence-corrected chi connectivity index (χ3v) is 17.0. The van der Waals surface area contributed by atoms with Crippen molar-refractivity contribution in [1.82, 2.24) is 0 Å². The monoisotopic (exact) mass is 800 g/mol. The number of ether oxygens (including phenoxy) is 4. The highest BCUT2D eigenvalue weighted by Gasteiger charge is 2.72. The Hall–Kier alpha value is -0.820. The lowest BCUT2D eigenvalue weighted by Crippen LogP contribution is -2.67. The molecule has 6 fully saturated rings. The summed E-state index contributed by atoms with van der Waals surface area (Å²) in [6.07, 6.45) is -9.84. The first-order valence-electron chi connectivity index (χ1n) is 21.0. The maximum absolute atomic E-state index is 12.5. The first kappa shape index (κ1) is 44.7. The normalized spacial score (nSPS) is 51.9. The van der Waals surface area contributed by atoms with Gasteiger partial charge in [-0.3, -0.25) is 0 Å². The third-order valence-electron chi connectivity index (χ3n) is 17.0. The molecule has 324 valence electrons. The molecule has 14 nitrogen and oxygen atoms in total. The number of aliphatic hydroxyl groups excluding tert-OH is 10. The van der Waals surface area contributed by atoms with Crippen LogP contribution >= 0.6 is 0 Å². The van der Waals surface area contributed by atoms with Crippen molar-refractivity contribution in [2.45, 2.75) is 192 Å². The molecule has 0 amide bonds. The Labute approximate surface area is 331 Å². The Balaban J connectivity index is 1.27. The van der Waals surface area contributed by atoms with Crippen molar-refractivity contribution in [3.8, 4) is 0 Å². The average Bonchev–Trinajstić information content (AvgIpc) is 3.53. The maximum atomic E-state index is 12.5. The van der Waals surface area contributed by atoms with Crippen LogP contribution in [-0.2, 0) is 18.9 Å². The standard InChI is InChI=1S/C42H72O14/c1-20(2)22(45)10-16-42(8,56-37-35(52)33(50)31(48)25(19-44)54-37)21-9-14-41(7)29(21)23(46)17-27-39(5)13-12-28(38(3,4)26(39)11-15-40(27,41)6)55-36-34(51)32(49)30(47)24(18-43)53-36/h21-37,43-52H,1,9-19H2,2-8H3/t21-,22+,23-,24+,25+,26-,27-,28-,29+,30+,31-,32+,33-,34+,35+,36+,37-,39-,40-,41+,42-/m0/s1. The molecule has 6 aliphatic rings. The lowest BCUT2D eigenvalue weighted by atomic mass is 9.35. The summed E-state index contributed by atoms with van der Waals surface area (Å²) >= 11 is 0. The van der Waals surface area contributed by atoms with Gasteiger partial charge in [-0.2, -0.15) is 0 Å². The smallest absolute Gasteiger partial charge is 0.187 e. The van der Waals surface area contributed by atoms with E-state index in [1.165, 1.54) is 0 Å². The molecule has 0 unspecified atom stereocenters. The van der Waals surface area contributed by atoms with E-state index in [0.29, 0.717) is 37.7 Å². The fourth-order valence-electron chi connectivity index (χ4n) is 13.4. The molecule has 56 heavy (non-hydrogen) atoms. The number of hydrogen-bond acceptors (Lipinski definition) is 14. The van der Waals surface area contributed by atoms with Crippen LogP contribution in [0.4, 0.5) is 0 Å². The summed E-state index contributed by atoms with van der Waals surface area (Å²) < 4.78 is 24.8. The Kier molecular flexibility index (Phi) is 12.7. The molecule has 2 heterocycles. The molecule has 0 aromatic heterocycles. The number of aliphatic hydroxyl groups is 10. The second kappa shape index (κ2) is 15.9. The van der Waals surface area contributed by atoms with Crippen molar-refractivity contribution in [3.63, 3.8) is 0 Å². The first-order chi connectivity index (χ1) is 26.0. The van der Waals surface area contributed by atoms with E-state index in [2.05, 4.69) is 41.2 Å². The van der Waals surface area contributed by atoms with E-state index >= 15 is 0 Å². The predicted octanol–water partition coefficient (Wildman–Crippen LogP) is 1.12. The number of rotatable bonds is 11. The molecular weight excluding hydrogens is 728 g/mol. The van der Waals surface area contributed by atoms with Crippen LogP contribution in [0.15, 0.2) is 12.2 Å². The minimum absolute atomic E-state index is 0.152. The molecule has 10 N–H and O–H groups in total. The van der Waals surface area contributed by atoms with Crippen molar-refractivity contribution in [1.29, 1.82) is 0 Å². The molecule has 0 aromatic carbocycles. The summed E-state index contributed by atoms with van der Waals surface area (Å²) in [5.41, 5.74) is -1.53. The zero-order chi connectivity index (χ0) is 41.5. The third kappa shape index (κ3) is 7.06. The van der Waals surface area contributed by atoms with Gasteiger partial charge in [0, 0.05) is 0 Å². The van der Waals surface area contributed by atoms with Gasteiger partial charge >= 0.3 is 0 Å². The second-order valence-corrected chi connectivity index (χ2v) is 20.2. The van der Waals surface area contributed by atoms with Gasteiger partial charge < -0.3 is 70.0 Å². The molecule has 0 radical (unpaired) electrons. The van der Waals surface area contributed by atoms with Gasteiger partial charge in [-0.1, -0.05) is 46.8 Å². The highest BCUT2D eigenvalue weighted by molar-refractivity contribution is 5.20. The summed E-state index contributed by atoms with van der Waals surface area (Å²) in [7, 11) is 0. The van der Waals surface area contributed by atoms with Gasteiger partial charge in [-0.25, -0.2) is 0 Å². The molecule has 4 saturated carbocycles. The molecule has 2 saturated heterocycles. The minimum atomic E-state index is -1.61. The largest absolute Gasteiger partial charge is 0.394 e. The number of fused-ring (bicyclic) bond motifs is 5. The molecule has 21 atom stereocenters. The quantitative estimate of drug-likeness (QED) is 0.104. The van der Waals surface area contributed by atoms with E-state index in [0.717, 1.165) is 25.7 Å². The fraction of sp³-hybridized carbons (Fsp3) is 0.952. The minimum Gasteiger partial charge on any atom is -0.394 e. The summed E-state index contributed by atoms with van der Waals surface area (Å²) in [4.78, 5) is 0. The zero-order valence-electron chi connectivity index (χ0n) is 34.4. The Morgan fingerprint density at radius 3 is 1.88 bits per heavy atom. The summed E-state index contributed by atoms with van der Waals surface area (Å²) in [6, 6.07) is 0. The van der Waals surface area contributed by atoms with E-state index in [1.807, 2.05) is 6.92 Å². The van der Waals surface area contributed by atoms with E-state index in [1.54, 1.807) is 6.92 Å². The van der Waals surface area contributed by atoms with Gasteiger partial charge in [-0.15, -0.1) is 0 Å². The van der Waals surface area contributed by atoms with Crippen LogP contribution in [0.1, 0.15) is 106 Å². The lowest BCUT2D eigenvalue weighted by Gasteiger charge is -2.71. The molecule has 0 aromatic rings. The Bertz CT molecular complexity index is 1390. The summed E-state index contributed by atoms with van der Waals surface area (Å²) in [5.74, 6) is -0.0991. The van der Waals surface area contributed by atoms with Gasteiger partial charge in [0.05, 0.1) is 37.1 Å². The van der Waals surface area contributed by atoms with E-state index in [9.17, 15) is 51.1 Å². The van der Waals surface area contributed by atoms with Crippen LogP contribution in [0, 0.1) is 45.3 Å². The topological polar surface area (TPSA) is 239 Å². The molecular formula is C42H72O14. The summed E-state index contributed by atoms with van der Waals surface area (Å²) in [5, 5.41) is 107. The SMILES string of the molecule is C=C(C)[C@H](O)CC[C@](C)(O[C@@H]1O[C@H](CO)[C@H](O)[C@H](O)[C@H]1O)[C@H]1CC[C@]2(C)[C@H]1[C@@H](O)C[C@H]1[C@@]3(C)CC[C@H](O[C@H]4O[C@H](CO)[C@@H](O)[C@@H](O)[C@H]4O)C(C)(C)[C@@H]3CC[C@@]12C. The van der Waals surface area contributed by atoms with Crippen LogP contribution in [0.25, 0.3) is 0 Å². The van der Waals surface area contributed by atoms with Crippen molar-refractivity contribution in [3.05, 3.63) is 12.2 Å². The van der Waals surface area contributed by atoms with Crippen molar-refractivity contribution in [2.75, 3.05) is 13.2 Å². The lowest BCUT2D eigenvalue weighted by molar-refractivity contribution is -0.338. The van der Waals surface area contributed by atoms with Crippen LogP contribution < -0.4 is 0 Å². The maximum Gasteiger partial charge on any atom is 0.187 e. The van der Waals surface area contributed by atoms with Gasteiger partial charge in [0.1, 0.15) is 48.8 Å². The van der Waals surface area contributed by atoms with Crippen LogP contribution in [-0.4, -0.2) is 150 Å². The number of hydrogen-bond donors (Lipinski definition) is 10. The van der Waals surface area contributed by atoms with Crippen molar-refractivity contribution in [2.24, 2.45) is 45.3 Å². The van der Waals surface area contributed by atoms with E-state index < -0.39 is 97.8 Å². The fourth-order valence-corrected chi connectivity index (χ4v) is 13.4. The van der Waals surface area contributed by atoms with Crippen molar-refractivity contribution >= 4 is 0 Å². The van der Waals surface area contributed by atoms with Gasteiger partial charge in [0.15, 0.2) is 12.6 Å². The van der Waals surface area contributed by atoms with Crippen molar-refractivity contribution < 1.29 is 70.0 Å². The predicted molar refractivity (Wildman–Crippen MR) is 202 cm³/mol. The molecule has 6 rings (SSSR count). The summed E-state index contributed by atoms with van der Waals surface area (Å²) in [6.45, 7) is 17.9. The average molecular weight is 801 g/mol. The Morgan fingerprint density at radius 2 is 1.30 bits per heavy atom. The zero-order valence-corrected chi connectivity index (χ0v) is 34.4. The highest BCUT2D eigenvalue weighted by atomic mass is 16.7. The van der Waals surface area contributed by atoms with E-state index in [4.69, 9.17) is 18.9 Å². The highest BCUT2D eigenvalue weighted by Crippen LogP contribution is 2.76. The molecule has 0 spiro atoms.